The Morgan fingerprint density at radius 2 is 2.09 bits per heavy atom. The van der Waals surface area contributed by atoms with Gasteiger partial charge in [0.15, 0.2) is 0 Å². The predicted octanol–water partition coefficient (Wildman–Crippen LogP) is 0.987. The molecule has 0 aliphatic carbocycles. The second-order valence-electron chi connectivity index (χ2n) is 3.03. The standard InChI is InChI=1S/C9H18N2/c1-2-11-7-4-9(3-6-10)5-8-11/h3H,2,4-8,10H2,1H3. The van der Waals surface area contributed by atoms with Crippen molar-refractivity contribution in [3.8, 4) is 0 Å². The highest BCUT2D eigenvalue weighted by atomic mass is 15.1. The molecule has 1 heterocycles. The summed E-state index contributed by atoms with van der Waals surface area (Å²) in [7, 11) is 0. The minimum atomic E-state index is 0.710. The zero-order valence-corrected chi connectivity index (χ0v) is 7.34. The van der Waals surface area contributed by atoms with Crippen LogP contribution in [-0.4, -0.2) is 31.1 Å². The van der Waals surface area contributed by atoms with E-state index in [0.29, 0.717) is 6.54 Å². The van der Waals surface area contributed by atoms with Gasteiger partial charge in [-0.3, -0.25) is 0 Å². The minimum Gasteiger partial charge on any atom is -0.327 e. The van der Waals surface area contributed by atoms with Crippen LogP contribution in [0.5, 0.6) is 0 Å². The van der Waals surface area contributed by atoms with Crippen molar-refractivity contribution in [3.63, 3.8) is 0 Å². The maximum Gasteiger partial charge on any atom is 0.0109 e. The van der Waals surface area contributed by atoms with Gasteiger partial charge in [0.2, 0.25) is 0 Å². The van der Waals surface area contributed by atoms with Crippen molar-refractivity contribution < 1.29 is 0 Å². The second-order valence-corrected chi connectivity index (χ2v) is 3.03. The number of hydrogen-bond donors (Lipinski definition) is 1. The summed E-state index contributed by atoms with van der Waals surface area (Å²) in [6.07, 6.45) is 4.63. The van der Waals surface area contributed by atoms with Crippen LogP contribution in [0.4, 0.5) is 0 Å². The molecule has 0 saturated carbocycles. The monoisotopic (exact) mass is 154 g/mol. The lowest BCUT2D eigenvalue weighted by Gasteiger charge is -2.26. The maximum atomic E-state index is 5.44. The zero-order chi connectivity index (χ0) is 8.10. The van der Waals surface area contributed by atoms with Crippen molar-refractivity contribution in [3.05, 3.63) is 11.6 Å². The fourth-order valence-electron chi connectivity index (χ4n) is 1.53. The van der Waals surface area contributed by atoms with Gasteiger partial charge >= 0.3 is 0 Å². The van der Waals surface area contributed by atoms with Crippen LogP contribution in [0.1, 0.15) is 19.8 Å². The van der Waals surface area contributed by atoms with Gasteiger partial charge in [-0.05, 0) is 19.4 Å². The van der Waals surface area contributed by atoms with Crippen LogP contribution < -0.4 is 5.73 Å². The SMILES string of the molecule is CCN1CCC(=CCN)CC1. The van der Waals surface area contributed by atoms with E-state index in [-0.39, 0.29) is 0 Å². The Bertz CT molecular complexity index is 130. The Labute approximate surface area is 69.1 Å². The molecule has 1 aliphatic heterocycles. The lowest BCUT2D eigenvalue weighted by molar-refractivity contribution is 0.269. The second kappa shape index (κ2) is 4.52. The third-order valence-electron chi connectivity index (χ3n) is 2.35. The fourth-order valence-corrected chi connectivity index (χ4v) is 1.53. The van der Waals surface area contributed by atoms with Crippen LogP contribution >= 0.6 is 0 Å². The van der Waals surface area contributed by atoms with Gasteiger partial charge in [-0.25, -0.2) is 0 Å². The van der Waals surface area contributed by atoms with Crippen molar-refractivity contribution >= 4 is 0 Å². The Hall–Kier alpha value is -0.340. The van der Waals surface area contributed by atoms with Crippen LogP contribution in [0.25, 0.3) is 0 Å². The molecule has 0 atom stereocenters. The van der Waals surface area contributed by atoms with Crippen molar-refractivity contribution in [1.29, 1.82) is 0 Å². The summed E-state index contributed by atoms with van der Waals surface area (Å²) in [5.41, 5.74) is 6.99. The van der Waals surface area contributed by atoms with E-state index >= 15 is 0 Å². The molecule has 2 heteroatoms. The average molecular weight is 154 g/mol. The molecule has 64 valence electrons. The van der Waals surface area contributed by atoms with Crippen molar-refractivity contribution in [2.45, 2.75) is 19.8 Å². The summed E-state index contributed by atoms with van der Waals surface area (Å²) in [6.45, 7) is 6.57. The largest absolute Gasteiger partial charge is 0.327 e. The van der Waals surface area contributed by atoms with E-state index in [1.807, 2.05) is 0 Å². The number of hydrogen-bond acceptors (Lipinski definition) is 2. The highest BCUT2D eigenvalue weighted by Gasteiger charge is 2.10. The first-order valence-corrected chi connectivity index (χ1v) is 4.47. The molecule has 1 rings (SSSR count). The average Bonchev–Trinajstić information content (AvgIpc) is 2.07. The summed E-state index contributed by atoms with van der Waals surface area (Å²) in [4.78, 5) is 2.48. The number of nitrogens with two attached hydrogens (primary N) is 1. The first-order valence-electron chi connectivity index (χ1n) is 4.47. The van der Waals surface area contributed by atoms with Crippen LogP contribution in [0, 0.1) is 0 Å². The Morgan fingerprint density at radius 3 is 2.55 bits per heavy atom. The van der Waals surface area contributed by atoms with Gasteiger partial charge in [-0.1, -0.05) is 18.6 Å². The van der Waals surface area contributed by atoms with E-state index in [1.165, 1.54) is 32.5 Å². The van der Waals surface area contributed by atoms with E-state index in [2.05, 4.69) is 17.9 Å². The molecular formula is C9H18N2. The van der Waals surface area contributed by atoms with Crippen LogP contribution in [-0.2, 0) is 0 Å². The lowest BCUT2D eigenvalue weighted by Crippen LogP contribution is -2.30. The smallest absolute Gasteiger partial charge is 0.0109 e. The molecule has 2 N–H and O–H groups in total. The Balaban J connectivity index is 2.30. The molecule has 0 aromatic rings. The summed E-state index contributed by atoms with van der Waals surface area (Å²) < 4.78 is 0. The third kappa shape index (κ3) is 2.64. The molecule has 0 aromatic heterocycles. The van der Waals surface area contributed by atoms with Crippen molar-refractivity contribution in [2.24, 2.45) is 5.73 Å². The van der Waals surface area contributed by atoms with Crippen LogP contribution in [0.15, 0.2) is 11.6 Å². The van der Waals surface area contributed by atoms with Gasteiger partial charge in [0.05, 0.1) is 0 Å². The fraction of sp³-hybridized carbons (Fsp3) is 0.778. The molecular weight excluding hydrogens is 136 g/mol. The number of piperidine rings is 1. The van der Waals surface area contributed by atoms with E-state index in [1.54, 1.807) is 5.57 Å². The molecule has 0 unspecified atom stereocenters. The summed E-state index contributed by atoms with van der Waals surface area (Å²) >= 11 is 0. The van der Waals surface area contributed by atoms with Gasteiger partial charge in [0, 0.05) is 19.6 Å². The Morgan fingerprint density at radius 1 is 1.45 bits per heavy atom. The number of nitrogens with zero attached hydrogens (tertiary/aromatic N) is 1. The molecule has 0 spiro atoms. The summed E-state index contributed by atoms with van der Waals surface area (Å²) in [6, 6.07) is 0. The first kappa shape index (κ1) is 8.75. The Kier molecular flexibility index (Phi) is 3.60. The molecule has 1 aliphatic rings. The predicted molar refractivity (Wildman–Crippen MR) is 48.5 cm³/mol. The van der Waals surface area contributed by atoms with Crippen LogP contribution in [0.3, 0.4) is 0 Å². The molecule has 0 aromatic carbocycles. The van der Waals surface area contributed by atoms with Gasteiger partial charge in [-0.2, -0.15) is 0 Å². The highest BCUT2D eigenvalue weighted by molar-refractivity contribution is 5.06. The van der Waals surface area contributed by atoms with E-state index in [0.717, 1.165) is 0 Å². The summed E-state index contributed by atoms with van der Waals surface area (Å²) in [5, 5.41) is 0. The highest BCUT2D eigenvalue weighted by Crippen LogP contribution is 2.14. The van der Waals surface area contributed by atoms with Gasteiger partial charge in [0.25, 0.3) is 0 Å². The van der Waals surface area contributed by atoms with E-state index < -0.39 is 0 Å². The van der Waals surface area contributed by atoms with Gasteiger partial charge in [0.1, 0.15) is 0 Å². The molecule has 0 amide bonds. The molecule has 1 fully saturated rings. The van der Waals surface area contributed by atoms with Crippen molar-refractivity contribution in [1.82, 2.24) is 4.90 Å². The third-order valence-corrected chi connectivity index (χ3v) is 2.35. The number of rotatable bonds is 2. The maximum absolute atomic E-state index is 5.44. The van der Waals surface area contributed by atoms with Crippen LogP contribution in [0.2, 0.25) is 0 Å². The van der Waals surface area contributed by atoms with Crippen molar-refractivity contribution in [2.75, 3.05) is 26.2 Å². The normalized spacial score (nSPS) is 20.4. The van der Waals surface area contributed by atoms with Gasteiger partial charge < -0.3 is 10.6 Å². The molecule has 0 bridgehead atoms. The van der Waals surface area contributed by atoms with E-state index in [4.69, 9.17) is 5.73 Å². The molecule has 2 nitrogen and oxygen atoms in total. The minimum absolute atomic E-state index is 0.710. The lowest BCUT2D eigenvalue weighted by atomic mass is 10.0. The first-order chi connectivity index (χ1) is 5.36. The van der Waals surface area contributed by atoms with Gasteiger partial charge in [-0.15, -0.1) is 0 Å². The molecule has 1 saturated heterocycles. The van der Waals surface area contributed by atoms with E-state index in [9.17, 15) is 0 Å². The number of likely N-dealkylation sites (tertiary alicyclic amines) is 1. The summed E-state index contributed by atoms with van der Waals surface area (Å²) in [5.74, 6) is 0. The quantitative estimate of drug-likeness (QED) is 0.601. The topological polar surface area (TPSA) is 29.3 Å². The molecule has 0 radical (unpaired) electrons. The molecule has 11 heavy (non-hydrogen) atoms. The zero-order valence-electron chi connectivity index (χ0n) is 7.34.